The average molecular weight is 1190 g/mol. The summed E-state index contributed by atoms with van der Waals surface area (Å²) in [7, 11) is 41.5. The van der Waals surface area contributed by atoms with Crippen LogP contribution < -0.4 is 129 Å². The molecule has 0 aromatic carbocycles. The summed E-state index contributed by atoms with van der Waals surface area (Å²) in [5, 5.41) is 0. The Labute approximate surface area is 445 Å². The van der Waals surface area contributed by atoms with Crippen molar-refractivity contribution in [1.29, 1.82) is 0 Å². The Bertz CT molecular complexity index is 590. The van der Waals surface area contributed by atoms with E-state index in [1.807, 2.05) is 43.2 Å². The van der Waals surface area contributed by atoms with Gasteiger partial charge in [-0.05, 0) is 5.75 Å². The molecule has 0 spiro atoms. The molecule has 0 saturated carbocycles. The Hall–Kier alpha value is 5.15. The first-order chi connectivity index (χ1) is 20.7. The average Bonchev–Trinajstić information content (AvgIpc) is 2.88. The molecule has 20 heteroatoms. The maximum Gasteiger partial charge on any atom is 1.00 e. The van der Waals surface area contributed by atoms with Crippen LogP contribution >= 0.6 is 67.4 Å². The first kappa shape index (κ1) is 93.9. The van der Waals surface area contributed by atoms with Crippen LogP contribution in [0.2, 0.25) is 0 Å². The maximum atomic E-state index is 5.43. The van der Waals surface area contributed by atoms with Crippen molar-refractivity contribution in [3.05, 3.63) is 0 Å². The van der Waals surface area contributed by atoms with Gasteiger partial charge in [0.1, 0.15) is 0 Å². The van der Waals surface area contributed by atoms with Crippen LogP contribution in [-0.4, -0.2) is 207 Å². The normalized spacial score (nSPS) is 10.0. The van der Waals surface area contributed by atoms with Crippen molar-refractivity contribution in [2.45, 2.75) is 46.0 Å². The number of hydrogen-bond donors (Lipinski definition) is 4. The summed E-state index contributed by atoms with van der Waals surface area (Å²) < 4.78 is 3.24. The molecule has 0 amide bonds. The van der Waals surface area contributed by atoms with Gasteiger partial charge in [-0.2, -0.15) is 12.6 Å². The minimum Gasteiger partial charge on any atom is -1.00 e. The van der Waals surface area contributed by atoms with E-state index in [4.69, 9.17) is 11.6 Å². The molecule has 0 bridgehead atoms. The number of halogens is 6. The molecule has 54 heavy (non-hydrogen) atoms. The maximum absolute atomic E-state index is 5.43. The predicted octanol–water partition coefficient (Wildman–Crippen LogP) is -15.7. The van der Waals surface area contributed by atoms with Crippen LogP contribution in [0.15, 0.2) is 0 Å². The topological polar surface area (TPSA) is 44.8 Å². The minimum absolute atomic E-state index is 0. The second-order valence-electron chi connectivity index (χ2n) is 15.7. The second kappa shape index (κ2) is 64.8. The Kier molecular flexibility index (Phi) is 113. The number of hydrogen-bond acceptors (Lipinski definition) is 5. The molecular formula is C34H92BCl4I2N6NaOS5+. The zero-order valence-corrected chi connectivity index (χ0v) is 50.5. The molecule has 0 aliphatic rings. The smallest absolute Gasteiger partial charge is 1.00 e. The number of thiol groups is 1. The number of nitrogens with zero attached hydrogens (tertiary/aromatic N) is 3. The van der Waals surface area contributed by atoms with Gasteiger partial charge in [0.05, 0.1) is 145 Å². The van der Waals surface area contributed by atoms with Gasteiger partial charge in [0.15, 0.2) is 0 Å². The van der Waals surface area contributed by atoms with Crippen molar-refractivity contribution < 1.29 is 150 Å². The Balaban J connectivity index is -0.0000000333. The van der Waals surface area contributed by atoms with Crippen LogP contribution in [0.3, 0.4) is 0 Å². The Morgan fingerprint density at radius 2 is 0.722 bits per heavy atom. The molecule has 0 heterocycles. The summed E-state index contributed by atoms with van der Waals surface area (Å²) in [5.41, 5.74) is 0. The van der Waals surface area contributed by atoms with Crippen molar-refractivity contribution >= 4 is 75.8 Å². The molecule has 0 atom stereocenters. The van der Waals surface area contributed by atoms with Gasteiger partial charge in [-0.3, -0.25) is 0 Å². The van der Waals surface area contributed by atoms with Crippen LogP contribution in [0.25, 0.3) is 0 Å². The minimum atomic E-state index is 0. The molecule has 3 radical (unpaired) electrons. The molecule has 0 unspecified atom stereocenters. The molecule has 0 fully saturated rings. The Morgan fingerprint density at radius 3 is 0.889 bits per heavy atom. The molecule has 0 rings (SSSR count). The van der Waals surface area contributed by atoms with E-state index in [0.29, 0.717) is 0 Å². The number of alkyl halides is 1. The third-order valence-electron chi connectivity index (χ3n) is 5.89. The molecule has 0 aromatic heterocycles. The van der Waals surface area contributed by atoms with E-state index in [1.165, 1.54) is 99.3 Å². The quantitative estimate of drug-likeness (QED) is 0.0148. The van der Waals surface area contributed by atoms with Crippen LogP contribution in [0.5, 0.6) is 0 Å². The molecule has 0 aliphatic heterocycles. The first-order valence-corrected chi connectivity index (χ1v) is 23.2. The van der Waals surface area contributed by atoms with E-state index in [-0.39, 0.29) is 137 Å². The fraction of sp³-hybridized carbons (Fsp3) is 1.00. The fourth-order valence-corrected chi connectivity index (χ4v) is 7.96. The van der Waals surface area contributed by atoms with Gasteiger partial charge in [-0.25, -0.2) is 0 Å². The zero-order chi connectivity index (χ0) is 35.8. The molecule has 339 valence electrons. The van der Waals surface area contributed by atoms with Gasteiger partial charge in [0.25, 0.3) is 0 Å². The van der Waals surface area contributed by atoms with Gasteiger partial charge < -0.3 is 120 Å². The standard InChI is InChI=1S/C12H30N2S2.C10H24N2S2.C6H15NS.C5H12ClN.CH4.B.3ClH.2HI.Na.H2O.H/c1-13(2,3)9-7-11-15-16-12-8-10-14(4,5)6;1-11(2)7-5-9-13-14-10-6-8-12(3)4;1-7(2,3)5-4-6-8;1-7(2)5-3-4-6;;;;;;;;;;/h7-12H2,1-6H3;5-10H2,1-4H3;4-6H2,1-3H3;3-5H2,1-2H3;1H4;;5*1H;;1H2;/q+2;;;;;;;;;;;+1;;-1/p-1. The zero-order valence-electron chi connectivity index (χ0n) is 38.0. The largest absolute Gasteiger partial charge is 1.00 e. The summed E-state index contributed by atoms with van der Waals surface area (Å²) in [6.45, 7) is 7.58. The number of rotatable bonds is 24. The first-order valence-electron chi connectivity index (χ1n) is 17.1. The van der Waals surface area contributed by atoms with E-state index in [2.05, 4.69) is 118 Å². The summed E-state index contributed by atoms with van der Waals surface area (Å²) in [4.78, 5) is 4.60. The predicted molar refractivity (Wildman–Crippen MR) is 241 cm³/mol. The van der Waals surface area contributed by atoms with Crippen LogP contribution in [0, 0.1) is 0 Å². The summed E-state index contributed by atoms with van der Waals surface area (Å²) in [6.07, 6.45) is 7.70. The third-order valence-corrected chi connectivity index (χ3v) is 11.6. The van der Waals surface area contributed by atoms with Crippen molar-refractivity contribution in [3.63, 3.8) is 0 Å². The van der Waals surface area contributed by atoms with Gasteiger partial charge in [0.2, 0.25) is 0 Å². The van der Waals surface area contributed by atoms with E-state index in [9.17, 15) is 0 Å². The van der Waals surface area contributed by atoms with Crippen molar-refractivity contribution in [1.82, 2.24) is 0 Å². The summed E-state index contributed by atoms with van der Waals surface area (Å²) in [6, 6.07) is 0. The molecule has 0 aliphatic carbocycles. The monoisotopic (exact) mass is 1190 g/mol. The summed E-state index contributed by atoms with van der Waals surface area (Å²) in [5.74, 6) is 7.02. The van der Waals surface area contributed by atoms with E-state index < -0.39 is 0 Å². The van der Waals surface area contributed by atoms with Gasteiger partial charge in [-0.1, -0.05) is 50.6 Å². The third kappa shape index (κ3) is 124. The fourth-order valence-electron chi connectivity index (χ4n) is 3.37. The molecular weight excluding hydrogens is 1100 g/mol. The van der Waals surface area contributed by atoms with Crippen LogP contribution in [0.1, 0.15) is 47.4 Å². The van der Waals surface area contributed by atoms with E-state index in [1.54, 1.807) is 9.80 Å². The van der Waals surface area contributed by atoms with Crippen molar-refractivity contribution in [2.24, 2.45) is 0 Å². The second-order valence-corrected chi connectivity index (χ2v) is 22.0. The van der Waals surface area contributed by atoms with Crippen LogP contribution in [0.4, 0.5) is 0 Å². The SMILES string of the molecule is C.C[N+](C)(C)CCCS.C[N+](C)(C)CCCSSCCC[N+](C)(C)C.C[NH+](C)CCCCl.C[NH+](C)CCCSSCCC[NH+](C)C.O.[B].[Cl-].[Cl-].[Cl-].[H-].[I-].[I-].[Na+]. The van der Waals surface area contributed by atoms with E-state index in [0.717, 1.165) is 31.5 Å². The van der Waals surface area contributed by atoms with Gasteiger partial charge in [-0.15, -0.1) is 11.6 Å². The number of nitrogens with one attached hydrogen (secondary N) is 3. The Morgan fingerprint density at radius 1 is 0.500 bits per heavy atom. The van der Waals surface area contributed by atoms with E-state index >= 15 is 0 Å². The summed E-state index contributed by atoms with van der Waals surface area (Å²) >= 11 is 9.55. The molecule has 5 N–H and O–H groups in total. The van der Waals surface area contributed by atoms with Crippen LogP contribution in [-0.2, 0) is 0 Å². The molecule has 0 aromatic rings. The molecule has 7 nitrogen and oxygen atoms in total. The van der Waals surface area contributed by atoms with Gasteiger partial charge in [0, 0.05) is 75.8 Å². The molecule has 0 saturated heterocycles. The van der Waals surface area contributed by atoms with Crippen molar-refractivity contribution in [3.8, 4) is 0 Å². The number of quaternary nitrogens is 6. The van der Waals surface area contributed by atoms with Crippen molar-refractivity contribution in [2.75, 3.05) is 180 Å². The van der Waals surface area contributed by atoms with Gasteiger partial charge >= 0.3 is 29.6 Å².